The second kappa shape index (κ2) is 5.87. The minimum absolute atomic E-state index is 0.351. The van der Waals surface area contributed by atoms with Crippen molar-refractivity contribution < 1.29 is 9.53 Å². The fraction of sp³-hybridized carbons (Fsp3) is 0.294. The van der Waals surface area contributed by atoms with Gasteiger partial charge >= 0.3 is 5.97 Å². The van der Waals surface area contributed by atoms with E-state index in [4.69, 9.17) is 4.74 Å². The average Bonchev–Trinajstić information content (AvgIpc) is 2.43. The summed E-state index contributed by atoms with van der Waals surface area (Å²) >= 11 is 0. The van der Waals surface area contributed by atoms with Gasteiger partial charge in [0.1, 0.15) is 5.75 Å². The molecule has 0 aliphatic carbocycles. The first kappa shape index (κ1) is 14.3. The third-order valence-electron chi connectivity index (χ3n) is 3.26. The number of nitrogens with zero attached hydrogens (tertiary/aromatic N) is 1. The molecule has 0 unspecified atom stereocenters. The molecule has 0 amide bonds. The van der Waals surface area contributed by atoms with E-state index < -0.39 is 0 Å². The maximum Gasteiger partial charge on any atom is 0.343 e. The van der Waals surface area contributed by atoms with Crippen LogP contribution in [-0.4, -0.2) is 11.0 Å². The first-order chi connectivity index (χ1) is 9.49. The van der Waals surface area contributed by atoms with Gasteiger partial charge in [-0.3, -0.25) is 4.98 Å². The van der Waals surface area contributed by atoms with Gasteiger partial charge in [-0.2, -0.15) is 0 Å². The second-order valence-electron chi connectivity index (χ2n) is 5.26. The maximum atomic E-state index is 12.1. The third-order valence-corrected chi connectivity index (χ3v) is 3.26. The molecule has 3 nitrogen and oxygen atoms in total. The summed E-state index contributed by atoms with van der Waals surface area (Å²) in [6.45, 7) is 8.23. The van der Waals surface area contributed by atoms with E-state index in [2.05, 4.69) is 31.0 Å². The normalized spacial score (nSPS) is 10.7. The van der Waals surface area contributed by atoms with Crippen molar-refractivity contribution in [3.05, 3.63) is 58.9 Å². The highest BCUT2D eigenvalue weighted by Crippen LogP contribution is 2.28. The number of carbonyl (C=O) groups is 1. The maximum absolute atomic E-state index is 12.1. The lowest BCUT2D eigenvalue weighted by Crippen LogP contribution is -2.10. The second-order valence-corrected chi connectivity index (χ2v) is 5.26. The van der Waals surface area contributed by atoms with Gasteiger partial charge in [-0.1, -0.05) is 26.0 Å². The highest BCUT2D eigenvalue weighted by atomic mass is 16.5. The summed E-state index contributed by atoms with van der Waals surface area (Å²) in [4.78, 5) is 16.0. The van der Waals surface area contributed by atoms with Gasteiger partial charge < -0.3 is 4.74 Å². The summed E-state index contributed by atoms with van der Waals surface area (Å²) in [5.41, 5.74) is 3.72. The molecule has 1 heterocycles. The number of rotatable bonds is 3. The molecule has 104 valence electrons. The molecule has 0 saturated heterocycles. The van der Waals surface area contributed by atoms with Gasteiger partial charge in [-0.05, 0) is 48.6 Å². The van der Waals surface area contributed by atoms with Crippen molar-refractivity contribution in [1.29, 1.82) is 0 Å². The Morgan fingerprint density at radius 2 is 1.65 bits per heavy atom. The van der Waals surface area contributed by atoms with Crippen LogP contribution in [0.25, 0.3) is 0 Å². The molecule has 20 heavy (non-hydrogen) atoms. The molecule has 1 aromatic carbocycles. The van der Waals surface area contributed by atoms with E-state index in [0.717, 1.165) is 11.1 Å². The Labute approximate surface area is 119 Å². The molecular formula is C17H19NO2. The van der Waals surface area contributed by atoms with Gasteiger partial charge in [-0.15, -0.1) is 0 Å². The summed E-state index contributed by atoms with van der Waals surface area (Å²) in [6.07, 6.45) is 3.16. The fourth-order valence-electron chi connectivity index (χ4n) is 2.12. The van der Waals surface area contributed by atoms with Gasteiger partial charge in [0.05, 0.1) is 5.56 Å². The number of aryl methyl sites for hydroxylation is 2. The molecule has 0 aliphatic rings. The lowest BCUT2D eigenvalue weighted by Gasteiger charge is -2.14. The standard InChI is InChI=1S/C17H19NO2/c1-11(2)15-9-12(3)16(13(4)10-15)20-17(19)14-5-7-18-8-6-14/h5-11H,1-4H3. The van der Waals surface area contributed by atoms with Crippen LogP contribution in [0.3, 0.4) is 0 Å². The van der Waals surface area contributed by atoms with Crippen LogP contribution in [0.2, 0.25) is 0 Å². The van der Waals surface area contributed by atoms with Crippen molar-refractivity contribution in [1.82, 2.24) is 4.98 Å². The van der Waals surface area contributed by atoms with E-state index >= 15 is 0 Å². The lowest BCUT2D eigenvalue weighted by atomic mass is 9.98. The van der Waals surface area contributed by atoms with E-state index in [1.54, 1.807) is 24.5 Å². The van der Waals surface area contributed by atoms with E-state index in [1.807, 2.05) is 13.8 Å². The first-order valence-corrected chi connectivity index (χ1v) is 6.72. The molecule has 2 rings (SSSR count). The predicted molar refractivity (Wildman–Crippen MR) is 79.2 cm³/mol. The van der Waals surface area contributed by atoms with Crippen LogP contribution < -0.4 is 4.74 Å². The highest BCUT2D eigenvalue weighted by Gasteiger charge is 2.14. The Bertz CT molecular complexity index is 595. The van der Waals surface area contributed by atoms with Crippen LogP contribution in [0.15, 0.2) is 36.7 Å². The molecular weight excluding hydrogens is 250 g/mol. The van der Waals surface area contributed by atoms with E-state index in [0.29, 0.717) is 17.2 Å². The van der Waals surface area contributed by atoms with Gasteiger partial charge in [-0.25, -0.2) is 4.79 Å². The van der Waals surface area contributed by atoms with Crippen LogP contribution in [0.1, 0.15) is 46.8 Å². The van der Waals surface area contributed by atoms with Crippen LogP contribution >= 0.6 is 0 Å². The topological polar surface area (TPSA) is 39.2 Å². The van der Waals surface area contributed by atoms with Crippen molar-refractivity contribution in [2.75, 3.05) is 0 Å². The van der Waals surface area contributed by atoms with Crippen LogP contribution in [-0.2, 0) is 0 Å². The first-order valence-electron chi connectivity index (χ1n) is 6.72. The van der Waals surface area contributed by atoms with Crippen LogP contribution in [0.5, 0.6) is 5.75 Å². The molecule has 0 fully saturated rings. The zero-order chi connectivity index (χ0) is 14.7. The fourth-order valence-corrected chi connectivity index (χ4v) is 2.12. The van der Waals surface area contributed by atoms with E-state index in [9.17, 15) is 4.79 Å². The molecule has 0 bridgehead atoms. The summed E-state index contributed by atoms with van der Waals surface area (Å²) in [6, 6.07) is 7.45. The highest BCUT2D eigenvalue weighted by molar-refractivity contribution is 5.91. The van der Waals surface area contributed by atoms with Crippen molar-refractivity contribution in [3.8, 4) is 5.75 Å². The third kappa shape index (κ3) is 3.05. The number of pyridine rings is 1. The molecule has 2 aromatic rings. The summed E-state index contributed by atoms with van der Waals surface area (Å²) in [5, 5.41) is 0. The molecule has 0 radical (unpaired) electrons. The Balaban J connectivity index is 2.28. The molecule has 0 atom stereocenters. The smallest absolute Gasteiger partial charge is 0.343 e. The number of hydrogen-bond acceptors (Lipinski definition) is 3. The van der Waals surface area contributed by atoms with Gasteiger partial charge in [0.15, 0.2) is 0 Å². The van der Waals surface area contributed by atoms with Gasteiger partial charge in [0, 0.05) is 12.4 Å². The SMILES string of the molecule is Cc1cc(C(C)C)cc(C)c1OC(=O)c1ccncc1. The predicted octanol–water partition coefficient (Wildman–Crippen LogP) is 4.04. The van der Waals surface area contributed by atoms with Crippen LogP contribution in [0.4, 0.5) is 0 Å². The van der Waals surface area contributed by atoms with E-state index in [1.165, 1.54) is 5.56 Å². The van der Waals surface area contributed by atoms with Gasteiger partial charge in [0.25, 0.3) is 0 Å². The van der Waals surface area contributed by atoms with Crippen molar-refractivity contribution >= 4 is 5.97 Å². The quantitative estimate of drug-likeness (QED) is 0.623. The van der Waals surface area contributed by atoms with Gasteiger partial charge in [0.2, 0.25) is 0 Å². The number of carbonyl (C=O) groups excluding carboxylic acids is 1. The molecule has 0 N–H and O–H groups in total. The molecule has 1 aromatic heterocycles. The number of esters is 1. The number of hydrogen-bond donors (Lipinski definition) is 0. The van der Waals surface area contributed by atoms with Crippen molar-refractivity contribution in [3.63, 3.8) is 0 Å². The summed E-state index contributed by atoms with van der Waals surface area (Å²) in [7, 11) is 0. The Morgan fingerprint density at radius 3 is 2.15 bits per heavy atom. The zero-order valence-electron chi connectivity index (χ0n) is 12.3. The van der Waals surface area contributed by atoms with E-state index in [-0.39, 0.29) is 5.97 Å². The Hall–Kier alpha value is -2.16. The minimum Gasteiger partial charge on any atom is -0.422 e. The van der Waals surface area contributed by atoms with Crippen LogP contribution in [0, 0.1) is 13.8 Å². The Kier molecular flexibility index (Phi) is 4.18. The largest absolute Gasteiger partial charge is 0.422 e. The minimum atomic E-state index is -0.351. The lowest BCUT2D eigenvalue weighted by molar-refractivity contribution is 0.0732. The number of aromatic nitrogens is 1. The number of ether oxygens (including phenoxy) is 1. The monoisotopic (exact) mass is 269 g/mol. The number of benzene rings is 1. The molecule has 0 saturated carbocycles. The zero-order valence-corrected chi connectivity index (χ0v) is 12.3. The summed E-state index contributed by atoms with van der Waals surface area (Å²) in [5.74, 6) is 0.754. The Morgan fingerprint density at radius 1 is 1.10 bits per heavy atom. The van der Waals surface area contributed by atoms with Crippen molar-refractivity contribution in [2.45, 2.75) is 33.6 Å². The summed E-state index contributed by atoms with van der Waals surface area (Å²) < 4.78 is 5.53. The molecule has 3 heteroatoms. The molecule has 0 aliphatic heterocycles. The molecule has 0 spiro atoms. The average molecular weight is 269 g/mol. The van der Waals surface area contributed by atoms with Crippen molar-refractivity contribution in [2.24, 2.45) is 0 Å².